The van der Waals surface area contributed by atoms with Crippen molar-refractivity contribution in [3.05, 3.63) is 66.4 Å². The molecule has 0 radical (unpaired) electrons. The van der Waals surface area contributed by atoms with Crippen LogP contribution < -0.4 is 10.6 Å². The molecule has 1 aromatic heterocycles. The SMILES string of the molecule is CC(C)(C)OC(=O)NC(CSCc1ccc(NC(=O)Cn2ccc3ccccc32)cc1)C(=O)O. The molecule has 180 valence electrons. The van der Waals surface area contributed by atoms with Crippen molar-refractivity contribution in [2.75, 3.05) is 11.1 Å². The van der Waals surface area contributed by atoms with Crippen LogP contribution >= 0.6 is 11.8 Å². The lowest BCUT2D eigenvalue weighted by Gasteiger charge is -2.21. The molecule has 0 saturated heterocycles. The molecule has 34 heavy (non-hydrogen) atoms. The predicted octanol–water partition coefficient (Wildman–Crippen LogP) is 4.49. The molecular weight excluding hydrogens is 454 g/mol. The molecule has 0 aliphatic rings. The van der Waals surface area contributed by atoms with Gasteiger partial charge in [-0.05, 0) is 56.0 Å². The molecule has 1 unspecified atom stereocenters. The zero-order valence-corrected chi connectivity index (χ0v) is 20.2. The predicted molar refractivity (Wildman–Crippen MR) is 134 cm³/mol. The quantitative estimate of drug-likeness (QED) is 0.414. The molecule has 2 aromatic carbocycles. The number of carbonyl (C=O) groups is 3. The zero-order valence-electron chi connectivity index (χ0n) is 19.4. The number of anilines is 1. The Bertz CT molecular complexity index is 1150. The summed E-state index contributed by atoms with van der Waals surface area (Å²) < 4.78 is 7.03. The first-order valence-corrected chi connectivity index (χ1v) is 12.0. The topological polar surface area (TPSA) is 110 Å². The first kappa shape index (κ1) is 25.2. The molecule has 9 heteroatoms. The van der Waals surface area contributed by atoms with Gasteiger partial charge in [0.05, 0.1) is 0 Å². The number of nitrogens with zero attached hydrogens (tertiary/aromatic N) is 1. The third-order valence-corrected chi connectivity index (χ3v) is 5.88. The highest BCUT2D eigenvalue weighted by molar-refractivity contribution is 7.98. The summed E-state index contributed by atoms with van der Waals surface area (Å²) >= 11 is 1.38. The number of rotatable bonds is 9. The molecule has 0 spiro atoms. The van der Waals surface area contributed by atoms with Gasteiger partial charge in [0.25, 0.3) is 0 Å². The smallest absolute Gasteiger partial charge is 0.408 e. The van der Waals surface area contributed by atoms with Gasteiger partial charge < -0.3 is 25.0 Å². The molecule has 0 bridgehead atoms. The van der Waals surface area contributed by atoms with Crippen LogP contribution in [0.25, 0.3) is 10.9 Å². The van der Waals surface area contributed by atoms with Crippen molar-refractivity contribution in [2.24, 2.45) is 0 Å². The number of para-hydroxylation sites is 1. The minimum atomic E-state index is -1.12. The summed E-state index contributed by atoms with van der Waals surface area (Å²) in [5.41, 5.74) is 1.96. The van der Waals surface area contributed by atoms with Crippen LogP contribution in [0.5, 0.6) is 0 Å². The number of benzene rings is 2. The Morgan fingerprint density at radius 1 is 1.06 bits per heavy atom. The Morgan fingerprint density at radius 2 is 1.76 bits per heavy atom. The third-order valence-electron chi connectivity index (χ3n) is 4.77. The van der Waals surface area contributed by atoms with Crippen LogP contribution in [0.1, 0.15) is 26.3 Å². The third kappa shape index (κ3) is 7.55. The first-order valence-electron chi connectivity index (χ1n) is 10.8. The summed E-state index contributed by atoms with van der Waals surface area (Å²) in [5, 5.41) is 15.7. The van der Waals surface area contributed by atoms with Gasteiger partial charge in [0.15, 0.2) is 0 Å². The molecule has 3 rings (SSSR count). The number of amides is 2. The van der Waals surface area contributed by atoms with E-state index in [0.717, 1.165) is 16.5 Å². The molecule has 8 nitrogen and oxygen atoms in total. The Labute approximate surface area is 202 Å². The number of thioether (sulfide) groups is 1. The van der Waals surface area contributed by atoms with Gasteiger partial charge in [-0.2, -0.15) is 11.8 Å². The molecular formula is C25H29N3O5S. The van der Waals surface area contributed by atoms with Gasteiger partial charge in [-0.25, -0.2) is 9.59 Å². The van der Waals surface area contributed by atoms with Crippen LogP contribution in [0.15, 0.2) is 60.8 Å². The Balaban J connectivity index is 1.47. The second-order valence-corrected chi connectivity index (χ2v) is 9.83. The average molecular weight is 484 g/mol. The summed E-state index contributed by atoms with van der Waals surface area (Å²) in [4.78, 5) is 35.8. The van der Waals surface area contributed by atoms with E-state index in [-0.39, 0.29) is 18.2 Å². The lowest BCUT2D eigenvalue weighted by molar-refractivity contribution is -0.138. The van der Waals surface area contributed by atoms with E-state index in [2.05, 4.69) is 10.6 Å². The van der Waals surface area contributed by atoms with E-state index >= 15 is 0 Å². The maximum Gasteiger partial charge on any atom is 0.408 e. The van der Waals surface area contributed by atoms with E-state index in [4.69, 9.17) is 4.74 Å². The molecule has 3 aromatic rings. The number of carbonyl (C=O) groups excluding carboxylic acids is 2. The Morgan fingerprint density at radius 3 is 2.44 bits per heavy atom. The van der Waals surface area contributed by atoms with Crippen molar-refractivity contribution in [1.82, 2.24) is 9.88 Å². The lowest BCUT2D eigenvalue weighted by Crippen LogP contribution is -2.44. The van der Waals surface area contributed by atoms with Gasteiger partial charge in [-0.3, -0.25) is 4.79 Å². The lowest BCUT2D eigenvalue weighted by atomic mass is 10.2. The summed E-state index contributed by atoms with van der Waals surface area (Å²) in [6, 6.07) is 16.2. The van der Waals surface area contributed by atoms with Gasteiger partial charge in [0, 0.05) is 28.9 Å². The summed E-state index contributed by atoms with van der Waals surface area (Å²) in [5.74, 6) is -0.491. The Hall–Kier alpha value is -3.46. The highest BCUT2D eigenvalue weighted by atomic mass is 32.2. The minimum absolute atomic E-state index is 0.124. The number of alkyl carbamates (subject to hydrolysis) is 1. The highest BCUT2D eigenvalue weighted by Gasteiger charge is 2.23. The van der Waals surface area contributed by atoms with Crippen molar-refractivity contribution in [3.8, 4) is 0 Å². The van der Waals surface area contributed by atoms with Crippen molar-refractivity contribution in [3.63, 3.8) is 0 Å². The number of aromatic nitrogens is 1. The maximum atomic E-state index is 12.5. The fourth-order valence-electron chi connectivity index (χ4n) is 3.24. The van der Waals surface area contributed by atoms with Gasteiger partial charge in [-0.1, -0.05) is 30.3 Å². The molecule has 0 saturated carbocycles. The van der Waals surface area contributed by atoms with Crippen LogP contribution in [0.2, 0.25) is 0 Å². The largest absolute Gasteiger partial charge is 0.480 e. The second kappa shape index (κ2) is 11.1. The number of carboxylic acids is 1. The monoisotopic (exact) mass is 483 g/mol. The van der Waals surface area contributed by atoms with Crippen LogP contribution in [0.3, 0.4) is 0 Å². The number of hydrogen-bond acceptors (Lipinski definition) is 5. The van der Waals surface area contributed by atoms with Crippen LogP contribution in [0.4, 0.5) is 10.5 Å². The number of fused-ring (bicyclic) bond motifs is 1. The summed E-state index contributed by atoms with van der Waals surface area (Å²) in [6.07, 6.45) is 1.14. The van der Waals surface area contributed by atoms with E-state index in [9.17, 15) is 19.5 Å². The molecule has 0 aliphatic heterocycles. The normalized spacial score (nSPS) is 12.2. The second-order valence-electron chi connectivity index (χ2n) is 8.80. The molecule has 0 aliphatic carbocycles. The van der Waals surface area contributed by atoms with E-state index in [1.807, 2.05) is 65.4 Å². The fraction of sp³-hybridized carbons (Fsp3) is 0.320. The van der Waals surface area contributed by atoms with Gasteiger partial charge >= 0.3 is 12.1 Å². The molecule has 2 amide bonds. The van der Waals surface area contributed by atoms with Crippen molar-refractivity contribution >= 4 is 46.3 Å². The number of aliphatic carboxylic acids is 1. The van der Waals surface area contributed by atoms with Crippen molar-refractivity contribution in [1.29, 1.82) is 0 Å². The van der Waals surface area contributed by atoms with Gasteiger partial charge in [-0.15, -0.1) is 0 Å². The zero-order chi connectivity index (χ0) is 24.7. The highest BCUT2D eigenvalue weighted by Crippen LogP contribution is 2.18. The summed E-state index contributed by atoms with van der Waals surface area (Å²) in [6.45, 7) is 5.36. The molecule has 0 fully saturated rings. The van der Waals surface area contributed by atoms with Gasteiger partial charge in [0.1, 0.15) is 18.2 Å². The standard InChI is InChI=1S/C25H29N3O5S/c1-25(2,3)33-24(32)27-20(23(30)31)16-34-15-17-8-10-19(11-9-17)26-22(29)14-28-13-12-18-6-4-5-7-21(18)28/h4-13,20H,14-16H2,1-3H3,(H,26,29)(H,27,32)(H,30,31). The van der Waals surface area contributed by atoms with Crippen molar-refractivity contribution in [2.45, 2.75) is 44.7 Å². The number of carboxylic acid groups (broad SMARTS) is 1. The molecule has 1 heterocycles. The number of ether oxygens (including phenoxy) is 1. The Kier molecular flexibility index (Phi) is 8.22. The van der Waals surface area contributed by atoms with E-state index in [1.165, 1.54) is 11.8 Å². The molecule has 1 atom stereocenters. The van der Waals surface area contributed by atoms with Crippen LogP contribution in [-0.4, -0.2) is 45.0 Å². The first-order chi connectivity index (χ1) is 16.1. The van der Waals surface area contributed by atoms with Gasteiger partial charge in [0.2, 0.25) is 5.91 Å². The fourth-order valence-corrected chi connectivity index (χ4v) is 4.24. The minimum Gasteiger partial charge on any atom is -0.480 e. The van der Waals surface area contributed by atoms with E-state index in [0.29, 0.717) is 11.4 Å². The average Bonchev–Trinajstić information content (AvgIpc) is 3.15. The van der Waals surface area contributed by atoms with E-state index in [1.54, 1.807) is 20.8 Å². The summed E-state index contributed by atoms with van der Waals surface area (Å²) in [7, 11) is 0. The van der Waals surface area contributed by atoms with Crippen molar-refractivity contribution < 1.29 is 24.2 Å². The number of nitrogens with one attached hydrogen (secondary N) is 2. The number of hydrogen-bond donors (Lipinski definition) is 3. The maximum absolute atomic E-state index is 12.5. The van der Waals surface area contributed by atoms with Crippen LogP contribution in [-0.2, 0) is 26.6 Å². The van der Waals surface area contributed by atoms with E-state index < -0.39 is 23.7 Å². The van der Waals surface area contributed by atoms with Crippen LogP contribution in [0, 0.1) is 0 Å². The molecule has 3 N–H and O–H groups in total.